The number of aromatic nitrogens is 3. The van der Waals surface area contributed by atoms with E-state index >= 15 is 0 Å². The Morgan fingerprint density at radius 3 is 2.93 bits per heavy atom. The summed E-state index contributed by atoms with van der Waals surface area (Å²) in [5, 5.41) is 8.08. The lowest BCUT2D eigenvalue weighted by molar-refractivity contribution is 0.263. The Morgan fingerprint density at radius 2 is 2.13 bits per heavy atom. The van der Waals surface area contributed by atoms with Crippen molar-refractivity contribution in [3.63, 3.8) is 0 Å². The number of hydrogen-bond acceptors (Lipinski definition) is 7. The van der Waals surface area contributed by atoms with Crippen LogP contribution in [0.2, 0.25) is 0 Å². The number of nitrogens with zero attached hydrogens (tertiary/aromatic N) is 4. The Kier molecular flexibility index (Phi) is 5.44. The predicted molar refractivity (Wildman–Crippen MR) is 113 cm³/mol. The van der Waals surface area contributed by atoms with E-state index in [9.17, 15) is 4.39 Å². The first-order valence-corrected chi connectivity index (χ1v) is 11.0. The molecule has 0 aromatic carbocycles. The van der Waals surface area contributed by atoms with Gasteiger partial charge in [0.15, 0.2) is 0 Å². The number of halogens is 1. The van der Waals surface area contributed by atoms with Gasteiger partial charge >= 0.3 is 0 Å². The summed E-state index contributed by atoms with van der Waals surface area (Å²) in [5.41, 5.74) is 15.2. The molecule has 8 nitrogen and oxygen atoms in total. The number of aryl methyl sites for hydroxylation is 1. The molecule has 2 aromatic heterocycles. The van der Waals surface area contributed by atoms with Gasteiger partial charge in [-0.15, -0.1) is 0 Å². The SMILES string of the molecule is CCn1cc(C2CC3C(CN2)NNC3c2cccc(N3C[C@@H](N)C[C@@H](F)C3)n2)cn1. The van der Waals surface area contributed by atoms with Gasteiger partial charge in [-0.3, -0.25) is 10.1 Å². The van der Waals surface area contributed by atoms with E-state index in [4.69, 9.17) is 10.7 Å². The molecular formula is C21H31FN8. The van der Waals surface area contributed by atoms with Gasteiger partial charge in [-0.1, -0.05) is 6.07 Å². The molecule has 6 atom stereocenters. The molecule has 5 rings (SSSR count). The number of hydrazine groups is 1. The minimum Gasteiger partial charge on any atom is -0.352 e. The highest BCUT2D eigenvalue weighted by molar-refractivity contribution is 5.41. The number of anilines is 1. The Labute approximate surface area is 176 Å². The van der Waals surface area contributed by atoms with Crippen LogP contribution in [0.3, 0.4) is 0 Å². The van der Waals surface area contributed by atoms with E-state index in [1.165, 1.54) is 5.56 Å². The lowest BCUT2D eigenvalue weighted by atomic mass is 9.82. The van der Waals surface area contributed by atoms with E-state index in [2.05, 4.69) is 40.5 Å². The number of rotatable bonds is 4. The number of piperidine rings is 2. The van der Waals surface area contributed by atoms with Crippen LogP contribution in [0, 0.1) is 5.92 Å². The molecule has 0 radical (unpaired) electrons. The zero-order valence-electron chi connectivity index (χ0n) is 17.3. The molecule has 30 heavy (non-hydrogen) atoms. The Hall–Kier alpha value is -2.07. The number of pyridine rings is 1. The summed E-state index contributed by atoms with van der Waals surface area (Å²) in [4.78, 5) is 6.90. The molecule has 9 heteroatoms. The number of nitrogens with one attached hydrogen (secondary N) is 3. The third-order valence-electron chi connectivity index (χ3n) is 6.67. The van der Waals surface area contributed by atoms with Crippen LogP contribution in [-0.2, 0) is 6.54 Å². The summed E-state index contributed by atoms with van der Waals surface area (Å²) in [7, 11) is 0. The fourth-order valence-corrected chi connectivity index (χ4v) is 5.10. The van der Waals surface area contributed by atoms with E-state index in [1.807, 2.05) is 27.9 Å². The zero-order chi connectivity index (χ0) is 20.7. The lowest BCUT2D eigenvalue weighted by Gasteiger charge is -2.35. The van der Waals surface area contributed by atoms with Crippen molar-refractivity contribution in [1.82, 2.24) is 30.9 Å². The van der Waals surface area contributed by atoms with E-state index in [0.717, 1.165) is 31.0 Å². The van der Waals surface area contributed by atoms with Crippen LogP contribution in [0.25, 0.3) is 0 Å². The smallest absolute Gasteiger partial charge is 0.129 e. The van der Waals surface area contributed by atoms with E-state index in [1.54, 1.807) is 0 Å². The highest BCUT2D eigenvalue weighted by atomic mass is 19.1. The summed E-state index contributed by atoms with van der Waals surface area (Å²) in [6.07, 6.45) is 4.63. The van der Waals surface area contributed by atoms with E-state index in [0.29, 0.717) is 31.5 Å². The molecule has 2 aromatic rings. The lowest BCUT2D eigenvalue weighted by Crippen LogP contribution is -2.48. The molecule has 162 valence electrons. The quantitative estimate of drug-likeness (QED) is 0.594. The van der Waals surface area contributed by atoms with Crippen molar-refractivity contribution in [2.45, 2.75) is 56.6 Å². The fraction of sp³-hybridized carbons (Fsp3) is 0.619. The number of alkyl halides is 1. The third kappa shape index (κ3) is 3.82. The van der Waals surface area contributed by atoms with Crippen molar-refractivity contribution in [3.8, 4) is 0 Å². The van der Waals surface area contributed by atoms with Crippen molar-refractivity contribution >= 4 is 5.82 Å². The fourth-order valence-electron chi connectivity index (χ4n) is 5.10. The summed E-state index contributed by atoms with van der Waals surface area (Å²) in [6.45, 7) is 4.87. The minimum atomic E-state index is -0.899. The highest BCUT2D eigenvalue weighted by Gasteiger charge is 2.42. The molecule has 5 heterocycles. The van der Waals surface area contributed by atoms with Gasteiger partial charge in [-0.25, -0.2) is 14.8 Å². The molecule has 3 aliphatic rings. The molecule has 4 unspecified atom stereocenters. The van der Waals surface area contributed by atoms with Crippen LogP contribution in [0.5, 0.6) is 0 Å². The molecule has 0 saturated carbocycles. The first-order valence-electron chi connectivity index (χ1n) is 11.0. The van der Waals surface area contributed by atoms with Crippen molar-refractivity contribution < 1.29 is 4.39 Å². The van der Waals surface area contributed by atoms with Crippen LogP contribution in [0.1, 0.15) is 43.1 Å². The molecule has 3 fully saturated rings. The number of nitrogens with two attached hydrogens (primary N) is 1. The number of hydrogen-bond donors (Lipinski definition) is 4. The Bertz CT molecular complexity index is 862. The second kappa shape index (κ2) is 8.22. The molecule has 0 spiro atoms. The molecule has 0 amide bonds. The molecule has 0 bridgehead atoms. The van der Waals surface area contributed by atoms with Crippen molar-refractivity contribution in [2.75, 3.05) is 24.5 Å². The topological polar surface area (TPSA) is 96.1 Å². The van der Waals surface area contributed by atoms with Gasteiger partial charge in [-0.05, 0) is 31.9 Å². The van der Waals surface area contributed by atoms with Crippen LogP contribution in [0.15, 0.2) is 30.6 Å². The largest absolute Gasteiger partial charge is 0.352 e. The van der Waals surface area contributed by atoms with Gasteiger partial charge in [-0.2, -0.15) is 5.10 Å². The Morgan fingerprint density at radius 1 is 1.23 bits per heavy atom. The third-order valence-corrected chi connectivity index (χ3v) is 6.67. The van der Waals surface area contributed by atoms with Gasteiger partial charge in [0, 0.05) is 55.4 Å². The standard InChI is InChI=1S/C21H31FN8/c1-2-30-10-13(8-25-30)18-7-16-19(9-24-18)27-28-21(16)17-4-3-5-20(26-17)29-11-14(22)6-15(23)12-29/h3-5,8,10,14-16,18-19,21,24,27-28H,2,6-7,9,11-12,23H2,1H3/t14-,15+,16?,18?,19?,21?/m1/s1. The van der Waals surface area contributed by atoms with E-state index in [-0.39, 0.29) is 18.1 Å². The maximum absolute atomic E-state index is 14.0. The van der Waals surface area contributed by atoms with Crippen LogP contribution < -0.4 is 26.8 Å². The van der Waals surface area contributed by atoms with Crippen LogP contribution in [-0.4, -0.2) is 52.7 Å². The van der Waals surface area contributed by atoms with Gasteiger partial charge in [0.25, 0.3) is 0 Å². The predicted octanol–water partition coefficient (Wildman–Crippen LogP) is 1.04. The first-order chi connectivity index (χ1) is 14.6. The maximum Gasteiger partial charge on any atom is 0.129 e. The molecule has 0 aliphatic carbocycles. The molecular weight excluding hydrogens is 383 g/mol. The average molecular weight is 415 g/mol. The highest BCUT2D eigenvalue weighted by Crippen LogP contribution is 2.38. The summed E-state index contributed by atoms with van der Waals surface area (Å²) in [5.74, 6) is 1.21. The maximum atomic E-state index is 14.0. The second-order valence-corrected chi connectivity index (χ2v) is 8.78. The average Bonchev–Trinajstić information content (AvgIpc) is 3.40. The summed E-state index contributed by atoms with van der Waals surface area (Å²) < 4.78 is 16.0. The summed E-state index contributed by atoms with van der Waals surface area (Å²) >= 11 is 0. The van der Waals surface area contributed by atoms with Crippen LogP contribution in [0.4, 0.5) is 10.2 Å². The van der Waals surface area contributed by atoms with Crippen molar-refractivity contribution in [2.24, 2.45) is 11.7 Å². The number of fused-ring (bicyclic) bond motifs is 1. The van der Waals surface area contributed by atoms with Crippen molar-refractivity contribution in [3.05, 3.63) is 41.9 Å². The van der Waals surface area contributed by atoms with Gasteiger partial charge in [0.05, 0.1) is 24.5 Å². The van der Waals surface area contributed by atoms with E-state index < -0.39 is 6.17 Å². The van der Waals surface area contributed by atoms with Gasteiger partial charge in [0.2, 0.25) is 0 Å². The summed E-state index contributed by atoms with van der Waals surface area (Å²) in [6, 6.07) is 6.63. The first kappa shape index (κ1) is 19.9. The normalized spacial score (nSPS) is 34.2. The second-order valence-electron chi connectivity index (χ2n) is 8.78. The van der Waals surface area contributed by atoms with Crippen LogP contribution >= 0.6 is 0 Å². The zero-order valence-corrected chi connectivity index (χ0v) is 17.3. The van der Waals surface area contributed by atoms with Gasteiger partial charge < -0.3 is 16.0 Å². The molecule has 5 N–H and O–H groups in total. The molecule has 3 saturated heterocycles. The van der Waals surface area contributed by atoms with Crippen molar-refractivity contribution in [1.29, 1.82) is 0 Å². The molecule has 3 aliphatic heterocycles. The van der Waals surface area contributed by atoms with Gasteiger partial charge in [0.1, 0.15) is 12.0 Å². The monoisotopic (exact) mass is 414 g/mol. The Balaban J connectivity index is 1.34. The minimum absolute atomic E-state index is 0.111.